The van der Waals surface area contributed by atoms with Crippen LogP contribution in [-0.2, 0) is 65.6 Å². The number of nitrogens with two attached hydrogens (primary N) is 3. The third-order valence-electron chi connectivity index (χ3n) is 11.4. The summed E-state index contributed by atoms with van der Waals surface area (Å²) in [6.45, 7) is 8.45. The number of Topliss-reactive ketones (excluding diaryl/α,β-unsaturated/α-hetero) is 3. The molecule has 4 atom stereocenters. The Balaban J connectivity index is 0.00000298. The number of benzene rings is 1. The van der Waals surface area contributed by atoms with Crippen molar-refractivity contribution in [1.29, 1.82) is 0 Å². The van der Waals surface area contributed by atoms with E-state index in [0.29, 0.717) is 49.1 Å². The minimum atomic E-state index is -1.43. The van der Waals surface area contributed by atoms with E-state index in [1.807, 2.05) is 26.0 Å². The quantitative estimate of drug-likeness (QED) is 0.0133. The lowest BCUT2D eigenvalue weighted by Crippen LogP contribution is -2.48. The number of carboxylic acid groups (broad SMARTS) is 2. The van der Waals surface area contributed by atoms with Crippen LogP contribution in [0, 0.1) is 11.8 Å². The molecule has 0 aliphatic heterocycles. The number of carboxylic acids is 2. The summed E-state index contributed by atoms with van der Waals surface area (Å²) in [5.74, 6) is -6.84. The molecule has 26 nitrogen and oxygen atoms in total. The van der Waals surface area contributed by atoms with Gasteiger partial charge in [0, 0.05) is 68.2 Å². The third-order valence-corrected chi connectivity index (χ3v) is 13.9. The second-order valence-electron chi connectivity index (χ2n) is 17.8. The van der Waals surface area contributed by atoms with Gasteiger partial charge in [-0.1, -0.05) is 99.2 Å². The van der Waals surface area contributed by atoms with Gasteiger partial charge < -0.3 is 43.4 Å². The molecule has 3 amide bonds. The van der Waals surface area contributed by atoms with Gasteiger partial charge in [0.05, 0.1) is 30.3 Å². The van der Waals surface area contributed by atoms with Crippen molar-refractivity contribution < 1.29 is 67.7 Å². The molecule has 3 rings (SSSR count). The summed E-state index contributed by atoms with van der Waals surface area (Å²) in [6.07, 6.45) is 9.95. The highest BCUT2D eigenvalue weighted by atomic mass is 33.1. The number of rotatable bonds is 36. The van der Waals surface area contributed by atoms with Crippen LogP contribution in [0.2, 0.25) is 0 Å². The first kappa shape index (κ1) is 72.3. The summed E-state index contributed by atoms with van der Waals surface area (Å²) in [5, 5.41) is 26.9. The van der Waals surface area contributed by atoms with Gasteiger partial charge in [-0.3, -0.25) is 48.3 Å². The molecule has 0 saturated carbocycles. The first-order chi connectivity index (χ1) is 38.1. The van der Waals surface area contributed by atoms with E-state index >= 15 is 0 Å². The van der Waals surface area contributed by atoms with Crippen molar-refractivity contribution in [2.24, 2.45) is 28.3 Å². The number of nitrogen functional groups attached to an aromatic ring is 1. The summed E-state index contributed by atoms with van der Waals surface area (Å²) >= 11 is 0. The molecule has 0 spiro atoms. The molecule has 0 unspecified atom stereocenters. The van der Waals surface area contributed by atoms with Crippen molar-refractivity contribution in [2.75, 3.05) is 30.3 Å². The molecule has 1 aromatic carbocycles. The smallest absolute Gasteiger partial charge is 0.373 e. The average molecular weight is 1160 g/mol. The second-order valence-corrected chi connectivity index (χ2v) is 20.6. The molecule has 0 aliphatic carbocycles. The molecule has 12 N–H and O–H groups in total. The molecular weight excluding hydrogens is 1080 g/mol. The van der Waals surface area contributed by atoms with E-state index in [1.54, 1.807) is 12.1 Å². The lowest BCUT2D eigenvalue weighted by molar-refractivity contribution is -0.193. The summed E-state index contributed by atoms with van der Waals surface area (Å²) < 4.78 is 0. The van der Waals surface area contributed by atoms with Gasteiger partial charge in [-0.15, -0.1) is 0 Å². The van der Waals surface area contributed by atoms with Gasteiger partial charge >= 0.3 is 24.2 Å². The lowest BCUT2D eigenvalue weighted by atomic mass is 9.92. The summed E-state index contributed by atoms with van der Waals surface area (Å²) in [6, 6.07) is 4.63. The maximum absolute atomic E-state index is 13.6. The molecular formula is C52H75N11O15S2. The van der Waals surface area contributed by atoms with Crippen LogP contribution in [0.1, 0.15) is 146 Å². The molecule has 28 heteroatoms. The van der Waals surface area contributed by atoms with E-state index in [1.165, 1.54) is 60.4 Å². The van der Waals surface area contributed by atoms with E-state index in [0.717, 1.165) is 18.5 Å². The fourth-order valence-electron chi connectivity index (χ4n) is 7.24. The number of amides is 3. The molecule has 2 aromatic heterocycles. The van der Waals surface area contributed by atoms with Crippen LogP contribution < -0.4 is 38.7 Å². The van der Waals surface area contributed by atoms with Gasteiger partial charge in [-0.05, 0) is 50.5 Å². The number of anilines is 1. The fourth-order valence-corrected chi connectivity index (χ4v) is 9.06. The average Bonchev–Trinajstić information content (AvgIpc) is 3.40. The Hall–Kier alpha value is -7.67. The molecule has 0 radical (unpaired) electrons. The van der Waals surface area contributed by atoms with Crippen molar-refractivity contribution in [3.8, 4) is 0 Å². The van der Waals surface area contributed by atoms with E-state index in [2.05, 4.69) is 47.8 Å². The van der Waals surface area contributed by atoms with Gasteiger partial charge in [-0.25, -0.2) is 14.8 Å². The normalized spacial score (nSPS) is 11.8. The maximum Gasteiger partial charge on any atom is 0.373 e. The fraction of sp³-hybridized carbons (Fsp3) is 0.558. The number of fused-ring (bicyclic) bond motifs is 1. The highest BCUT2D eigenvalue weighted by molar-refractivity contribution is 8.76. The van der Waals surface area contributed by atoms with Crippen molar-refractivity contribution in [1.82, 2.24) is 35.9 Å². The number of unbranched alkanes of at least 4 members (excludes halogenated alkanes) is 5. The first-order valence-corrected chi connectivity index (χ1v) is 28.4. The lowest BCUT2D eigenvalue weighted by Gasteiger charge is -2.23. The number of nitrogens with one attached hydrogen (secondary N) is 4. The van der Waals surface area contributed by atoms with Crippen LogP contribution >= 0.6 is 21.6 Å². The Morgan fingerprint density at radius 2 is 1.41 bits per heavy atom. The molecule has 2 heterocycles. The number of aromatic nitrogens is 4. The third kappa shape index (κ3) is 32.9. The van der Waals surface area contributed by atoms with Gasteiger partial charge in [-0.2, -0.15) is 24.2 Å². The summed E-state index contributed by atoms with van der Waals surface area (Å²) in [5.41, 5.74) is 18.2. The second kappa shape index (κ2) is 43.2. The van der Waals surface area contributed by atoms with Crippen LogP contribution in [0.15, 0.2) is 40.2 Å². The SMILES string of the molecule is CCCCCCCNC(=O)CC.CCSSC[C@H](NC(=O)[C@H](CC(=O)O)CC(=O)[C@H](CCCN=C(N)N)NC(=O)[C@H](C)CC(=O)CCCCC(=O)c1ccc(CCc2cnc3nc(N)[nH]c(=O)c3n2)cc1)C(=O)O.O=C=O.O=C=O. The van der Waals surface area contributed by atoms with Crippen LogP contribution in [-0.4, -0.2) is 132 Å². The Labute approximate surface area is 471 Å². The van der Waals surface area contributed by atoms with Crippen molar-refractivity contribution in [3.63, 3.8) is 0 Å². The van der Waals surface area contributed by atoms with E-state index in [-0.39, 0.29) is 97.3 Å². The van der Waals surface area contributed by atoms with Gasteiger partial charge in [0.2, 0.25) is 23.7 Å². The zero-order chi connectivity index (χ0) is 60.4. The number of aryl methyl sites for hydroxylation is 2. The predicted octanol–water partition coefficient (Wildman–Crippen LogP) is 3.29. The molecule has 80 heavy (non-hydrogen) atoms. The van der Waals surface area contributed by atoms with Crippen molar-refractivity contribution in [3.05, 3.63) is 57.6 Å². The van der Waals surface area contributed by atoms with E-state index in [4.69, 9.17) is 36.4 Å². The molecule has 0 bridgehead atoms. The zero-order valence-corrected chi connectivity index (χ0v) is 47.2. The topological polar surface area (TPSA) is 443 Å². The minimum absolute atomic E-state index is 0.00945. The van der Waals surface area contributed by atoms with Crippen molar-refractivity contribution >= 4 is 104 Å². The zero-order valence-electron chi connectivity index (χ0n) is 45.6. The van der Waals surface area contributed by atoms with Gasteiger partial charge in [0.15, 0.2) is 28.7 Å². The Morgan fingerprint density at radius 1 is 0.775 bits per heavy atom. The number of carbonyl (C=O) groups excluding carboxylic acids is 10. The minimum Gasteiger partial charge on any atom is -0.481 e. The molecule has 0 saturated heterocycles. The summed E-state index contributed by atoms with van der Waals surface area (Å²) in [4.78, 5) is 163. The Bertz CT molecular complexity index is 2590. The largest absolute Gasteiger partial charge is 0.481 e. The predicted molar refractivity (Wildman–Crippen MR) is 297 cm³/mol. The number of hydrogen-bond donors (Lipinski definition) is 9. The maximum atomic E-state index is 13.6. The van der Waals surface area contributed by atoms with Crippen molar-refractivity contribution in [2.45, 2.75) is 149 Å². The number of H-pyrrole nitrogens is 1. The number of carbonyl (C=O) groups is 8. The summed E-state index contributed by atoms with van der Waals surface area (Å²) in [7, 11) is 2.61. The van der Waals surface area contributed by atoms with Crippen LogP contribution in [0.25, 0.3) is 11.2 Å². The number of aliphatic imine (C=N–C) groups is 1. The number of nitrogens with zero attached hydrogens (tertiary/aromatic N) is 4. The van der Waals surface area contributed by atoms with Crippen LogP contribution in [0.5, 0.6) is 0 Å². The highest BCUT2D eigenvalue weighted by Crippen LogP contribution is 2.22. The number of aliphatic carboxylic acids is 2. The Morgan fingerprint density at radius 3 is 2.01 bits per heavy atom. The van der Waals surface area contributed by atoms with E-state index in [9.17, 15) is 53.4 Å². The van der Waals surface area contributed by atoms with Crippen LogP contribution in [0.4, 0.5) is 5.95 Å². The number of aromatic amines is 1. The monoisotopic (exact) mass is 1160 g/mol. The first-order valence-electron chi connectivity index (χ1n) is 25.9. The molecule has 3 aromatic rings. The molecule has 0 aliphatic rings. The Kier molecular flexibility index (Phi) is 39.1. The van der Waals surface area contributed by atoms with Gasteiger partial charge in [0.1, 0.15) is 11.8 Å². The number of hydrogen-bond acceptors (Lipinski definition) is 20. The molecule has 0 fully saturated rings. The molecule has 440 valence electrons. The van der Waals surface area contributed by atoms with E-state index < -0.39 is 71.9 Å². The van der Waals surface area contributed by atoms with Gasteiger partial charge in [0.25, 0.3) is 5.56 Å². The van der Waals surface area contributed by atoms with Crippen LogP contribution in [0.3, 0.4) is 0 Å². The standard InChI is InChI=1S/C40H54N10O10S2.C10H21NO.2CO2/c1-3-61-62-21-29(38(59)60)48-36(57)25(19-32(54)55)18-31(53)28(8-6-16-44-39(41)42)47-35(56)22(2)17-27(51)7-4-5-9-30(52)24-13-10-23(11-14-24)12-15-26-20-45-34-33(46-26)37(58)50-40(43)49-34;1-3-5-6-7-8-9-11-10(12)4-2;2*2-1-3/h10-11,13-14,20,22,25,28-29H,3-9,12,15-19,21H2,1-2H3,(H,47,56)(H,48,57)(H,54,55)(H,59,60)(H4,41,42,44)(H3,43,45,49,50,58);3-9H2,1-2H3,(H,11,12);;/t22-,25+,28+,29+;;;/m1.../s1. The highest BCUT2D eigenvalue weighted by Gasteiger charge is 2.32. The number of guanidine groups is 1. The number of ketones is 3.